The van der Waals surface area contributed by atoms with Gasteiger partial charge >= 0.3 is 0 Å². The zero-order chi connectivity index (χ0) is 24.6. The maximum atomic E-state index is 13.6. The Morgan fingerprint density at radius 2 is 1.85 bits per heavy atom. The quantitative estimate of drug-likeness (QED) is 0.410. The van der Waals surface area contributed by atoms with Crippen LogP contribution in [0.15, 0.2) is 45.9 Å². The summed E-state index contributed by atoms with van der Waals surface area (Å²) in [5.74, 6) is -4.42. The predicted molar refractivity (Wildman–Crippen MR) is 117 cm³/mol. The summed E-state index contributed by atoms with van der Waals surface area (Å²) in [6, 6.07) is 7.29. The van der Waals surface area contributed by atoms with Gasteiger partial charge in [0.15, 0.2) is 17.5 Å². The van der Waals surface area contributed by atoms with Crippen LogP contribution in [0, 0.1) is 28.8 Å². The van der Waals surface area contributed by atoms with Crippen LogP contribution in [-0.4, -0.2) is 60.7 Å². The monoisotopic (exact) mass is 556 g/mol. The number of halogens is 4. The number of aliphatic hydroxyl groups excluding tert-OH is 3. The van der Waals surface area contributed by atoms with Gasteiger partial charge in [0.05, 0.1) is 18.4 Å². The van der Waals surface area contributed by atoms with Crippen molar-refractivity contribution in [1.29, 1.82) is 5.26 Å². The number of aliphatic hydroxyl groups is 3. The Hall–Kier alpha value is -2.47. The van der Waals surface area contributed by atoms with Crippen LogP contribution in [-0.2, 0) is 4.74 Å². The lowest BCUT2D eigenvalue weighted by Gasteiger charge is -2.41. The lowest BCUT2D eigenvalue weighted by Crippen LogP contribution is -2.55. The smallest absolute Gasteiger partial charge is 0.194 e. The molecule has 178 valence electrons. The third kappa shape index (κ3) is 4.70. The minimum Gasteiger partial charge on any atom is -0.394 e. The molecule has 2 heterocycles. The Bertz CT molecular complexity index is 1230. The van der Waals surface area contributed by atoms with E-state index in [9.17, 15) is 28.5 Å². The lowest BCUT2D eigenvalue weighted by atomic mass is 9.97. The van der Waals surface area contributed by atoms with Gasteiger partial charge in [-0.3, -0.25) is 0 Å². The highest BCUT2D eigenvalue weighted by Gasteiger charge is 2.46. The molecule has 0 aliphatic carbocycles. The second kappa shape index (κ2) is 10.0. The summed E-state index contributed by atoms with van der Waals surface area (Å²) in [6.45, 7) is -0.561. The molecule has 0 spiro atoms. The number of hydrogen-bond acceptors (Lipinski definition) is 8. The van der Waals surface area contributed by atoms with Crippen LogP contribution in [0.3, 0.4) is 0 Å². The van der Waals surface area contributed by atoms with E-state index < -0.39 is 53.8 Å². The number of nitrogens with zero attached hydrogens (tertiary/aromatic N) is 4. The highest BCUT2D eigenvalue weighted by atomic mass is 79.9. The molecule has 1 saturated heterocycles. The highest BCUT2D eigenvalue weighted by molar-refractivity contribution is 9.10. The maximum absolute atomic E-state index is 13.6. The minimum atomic E-state index is -1.62. The zero-order valence-electron chi connectivity index (χ0n) is 17.0. The summed E-state index contributed by atoms with van der Waals surface area (Å²) >= 11 is 4.39. The van der Waals surface area contributed by atoms with Gasteiger partial charge in [0.2, 0.25) is 0 Å². The first kappa shape index (κ1) is 24.6. The van der Waals surface area contributed by atoms with Gasteiger partial charge in [0.25, 0.3) is 0 Å². The van der Waals surface area contributed by atoms with Crippen LogP contribution in [0.5, 0.6) is 0 Å². The molecule has 2 aromatic carbocycles. The standard InChI is InChI=1S/C21H16BrF3N4O4S/c22-12-5-11(2-1-9(12)6-26)34-21-20(32)18(19(31)16(8-30)33-21)29-7-15(27-28-29)10-3-13(23)17(25)14(24)4-10/h1-5,7,16,18-21,30-32H,8H2/t16?,18?,19-,20-,21+/m0/s1. The molecular formula is C21H16BrF3N4O4S. The number of hydrogen-bond donors (Lipinski definition) is 3. The molecule has 0 amide bonds. The fourth-order valence-corrected chi connectivity index (χ4v) is 5.25. The zero-order valence-corrected chi connectivity index (χ0v) is 19.4. The minimum absolute atomic E-state index is 0.0236. The molecule has 1 aliphatic rings. The molecule has 8 nitrogen and oxygen atoms in total. The van der Waals surface area contributed by atoms with Crippen LogP contribution >= 0.6 is 27.7 Å². The van der Waals surface area contributed by atoms with Crippen molar-refractivity contribution in [2.45, 2.75) is 34.7 Å². The summed E-state index contributed by atoms with van der Waals surface area (Å²) in [7, 11) is 0. The van der Waals surface area contributed by atoms with Crippen LogP contribution < -0.4 is 0 Å². The van der Waals surface area contributed by atoms with Gasteiger partial charge in [0.1, 0.15) is 41.6 Å². The van der Waals surface area contributed by atoms with Crippen LogP contribution in [0.1, 0.15) is 11.6 Å². The van der Waals surface area contributed by atoms with Gasteiger partial charge in [-0.15, -0.1) is 5.10 Å². The first-order valence-electron chi connectivity index (χ1n) is 9.79. The van der Waals surface area contributed by atoms with E-state index in [2.05, 4.69) is 26.2 Å². The first-order chi connectivity index (χ1) is 16.2. The van der Waals surface area contributed by atoms with E-state index >= 15 is 0 Å². The number of ether oxygens (including phenoxy) is 1. The van der Waals surface area contributed by atoms with E-state index in [0.29, 0.717) is 14.9 Å². The molecule has 3 aromatic rings. The largest absolute Gasteiger partial charge is 0.394 e. The number of thioether (sulfide) groups is 1. The average molecular weight is 557 g/mol. The molecular weight excluding hydrogens is 541 g/mol. The van der Waals surface area contributed by atoms with Crippen molar-refractivity contribution in [1.82, 2.24) is 15.0 Å². The Kier molecular flexibility index (Phi) is 7.27. The van der Waals surface area contributed by atoms with Gasteiger partial charge < -0.3 is 20.1 Å². The molecule has 1 fully saturated rings. The predicted octanol–water partition coefficient (Wildman–Crippen LogP) is 2.77. The van der Waals surface area contributed by atoms with Crippen molar-refractivity contribution in [3.63, 3.8) is 0 Å². The Morgan fingerprint density at radius 3 is 2.47 bits per heavy atom. The van der Waals surface area contributed by atoms with Gasteiger partial charge in [-0.2, -0.15) is 5.26 Å². The second-order valence-electron chi connectivity index (χ2n) is 7.41. The summed E-state index contributed by atoms with van der Waals surface area (Å²) in [5, 5.41) is 48.1. The highest BCUT2D eigenvalue weighted by Crippen LogP contribution is 2.39. The Labute approximate surface area is 203 Å². The SMILES string of the molecule is N#Cc1ccc(S[C@H]2OC(CO)[C@H](O)C(n3cc(-c4cc(F)c(F)c(F)c4)nn3)[C@@H]2O)cc1Br. The lowest BCUT2D eigenvalue weighted by molar-refractivity contribution is -0.178. The molecule has 0 bridgehead atoms. The summed E-state index contributed by atoms with van der Waals surface area (Å²) in [4.78, 5) is 0.637. The number of rotatable bonds is 5. The third-order valence-electron chi connectivity index (χ3n) is 5.26. The molecule has 0 saturated carbocycles. The van der Waals surface area contributed by atoms with Crippen molar-refractivity contribution in [3.05, 3.63) is 64.0 Å². The van der Waals surface area contributed by atoms with Crippen molar-refractivity contribution >= 4 is 27.7 Å². The van der Waals surface area contributed by atoms with Crippen LogP contribution in [0.25, 0.3) is 11.3 Å². The van der Waals surface area contributed by atoms with Crippen LogP contribution in [0.2, 0.25) is 0 Å². The van der Waals surface area contributed by atoms with Gasteiger partial charge in [-0.25, -0.2) is 17.9 Å². The summed E-state index contributed by atoms with van der Waals surface area (Å²) in [5.41, 5.74) is -0.659. The van der Waals surface area contributed by atoms with E-state index in [1.165, 1.54) is 6.20 Å². The molecule has 1 aliphatic heterocycles. The van der Waals surface area contributed by atoms with E-state index in [4.69, 9.17) is 10.00 Å². The van der Waals surface area contributed by atoms with E-state index in [-0.39, 0.29) is 11.3 Å². The normalized spacial score (nSPS) is 24.7. The fourth-order valence-electron chi connectivity index (χ4n) is 3.53. The van der Waals surface area contributed by atoms with E-state index in [1.807, 2.05) is 6.07 Å². The molecule has 3 N–H and O–H groups in total. The van der Waals surface area contributed by atoms with E-state index in [1.54, 1.807) is 18.2 Å². The van der Waals surface area contributed by atoms with Gasteiger partial charge in [0, 0.05) is 14.9 Å². The van der Waals surface area contributed by atoms with Crippen molar-refractivity contribution in [2.24, 2.45) is 0 Å². The average Bonchev–Trinajstić information content (AvgIpc) is 3.29. The molecule has 13 heteroatoms. The van der Waals surface area contributed by atoms with Crippen molar-refractivity contribution in [3.8, 4) is 17.3 Å². The molecule has 34 heavy (non-hydrogen) atoms. The number of nitriles is 1. The van der Waals surface area contributed by atoms with Crippen LogP contribution in [0.4, 0.5) is 13.2 Å². The Morgan fingerprint density at radius 1 is 1.15 bits per heavy atom. The van der Waals surface area contributed by atoms with E-state index in [0.717, 1.165) is 28.6 Å². The fraction of sp³-hybridized carbons (Fsp3) is 0.286. The summed E-state index contributed by atoms with van der Waals surface area (Å²) < 4.78 is 47.9. The molecule has 2 unspecified atom stereocenters. The summed E-state index contributed by atoms with van der Waals surface area (Å²) in [6.07, 6.45) is -2.60. The van der Waals surface area contributed by atoms with Crippen molar-refractivity contribution in [2.75, 3.05) is 6.61 Å². The van der Waals surface area contributed by atoms with Crippen molar-refractivity contribution < 1.29 is 33.2 Å². The molecule has 5 atom stereocenters. The Balaban J connectivity index is 1.63. The van der Waals surface area contributed by atoms with Gasteiger partial charge in [-0.1, -0.05) is 17.0 Å². The third-order valence-corrected chi connectivity index (χ3v) is 7.06. The molecule has 0 radical (unpaired) electrons. The number of aromatic nitrogens is 3. The first-order valence-corrected chi connectivity index (χ1v) is 11.5. The van der Waals surface area contributed by atoms with Gasteiger partial charge in [-0.05, 0) is 46.3 Å². The number of benzene rings is 2. The topological polar surface area (TPSA) is 124 Å². The second-order valence-corrected chi connectivity index (χ2v) is 9.43. The molecule has 1 aromatic heterocycles. The maximum Gasteiger partial charge on any atom is 0.194 e. The molecule has 4 rings (SSSR count).